The summed E-state index contributed by atoms with van der Waals surface area (Å²) in [7, 11) is 0. The molecular weight excluding hydrogens is 150 g/mol. The van der Waals surface area contributed by atoms with E-state index < -0.39 is 0 Å². The Balaban J connectivity index is 3.04. The summed E-state index contributed by atoms with van der Waals surface area (Å²) < 4.78 is 0. The van der Waals surface area contributed by atoms with Crippen LogP contribution in [0.4, 0.5) is 0 Å². The molecule has 1 heterocycles. The molecule has 0 aliphatic carbocycles. The zero-order valence-corrected chi connectivity index (χ0v) is 6.90. The first kappa shape index (κ1) is 8.90. The summed E-state index contributed by atoms with van der Waals surface area (Å²) in [5.41, 5.74) is 13.0. The predicted octanol–water partition coefficient (Wildman–Crippen LogP) is 0.683. The van der Waals surface area contributed by atoms with E-state index in [1.807, 2.05) is 12.1 Å². The molecule has 3 nitrogen and oxygen atoms in total. The molecule has 1 aromatic rings. The van der Waals surface area contributed by atoms with E-state index in [0.717, 1.165) is 11.3 Å². The van der Waals surface area contributed by atoms with E-state index in [1.165, 1.54) is 0 Å². The first-order valence-corrected chi connectivity index (χ1v) is 3.82. The molecule has 0 saturated heterocycles. The number of nitrogens with zero attached hydrogens (tertiary/aromatic N) is 1. The number of hydrogen-bond donors (Lipinski definition) is 2. The van der Waals surface area contributed by atoms with Gasteiger partial charge in [-0.15, -0.1) is 0 Å². The minimum atomic E-state index is -0.147. The maximum Gasteiger partial charge on any atom is 0.0671 e. The summed E-state index contributed by atoms with van der Waals surface area (Å²) in [6.07, 6.45) is 3.40. The second kappa shape index (κ2) is 3.99. The van der Waals surface area contributed by atoms with Crippen molar-refractivity contribution in [2.24, 2.45) is 11.5 Å². The molecule has 0 aliphatic heterocycles. The van der Waals surface area contributed by atoms with Crippen LogP contribution in [0.3, 0.4) is 0 Å². The highest BCUT2D eigenvalue weighted by Gasteiger charge is 2.06. The predicted molar refractivity (Wildman–Crippen MR) is 50.3 cm³/mol. The monoisotopic (exact) mass is 163 g/mol. The lowest BCUT2D eigenvalue weighted by Gasteiger charge is -2.10. The van der Waals surface area contributed by atoms with Crippen LogP contribution in [0.15, 0.2) is 24.9 Å². The fraction of sp³-hybridized carbons (Fsp3) is 0.222. The lowest BCUT2D eigenvalue weighted by atomic mass is 10.1. The molecule has 0 spiro atoms. The summed E-state index contributed by atoms with van der Waals surface area (Å²) in [5.74, 6) is 0. The highest BCUT2D eigenvalue weighted by Crippen LogP contribution is 2.13. The van der Waals surface area contributed by atoms with E-state index in [0.29, 0.717) is 6.54 Å². The van der Waals surface area contributed by atoms with Gasteiger partial charge in [0.15, 0.2) is 0 Å². The van der Waals surface area contributed by atoms with Crippen molar-refractivity contribution in [2.45, 2.75) is 6.04 Å². The Bertz CT molecular complexity index is 270. The smallest absolute Gasteiger partial charge is 0.0671 e. The van der Waals surface area contributed by atoms with Crippen molar-refractivity contribution in [1.29, 1.82) is 0 Å². The lowest BCUT2D eigenvalue weighted by Crippen LogP contribution is -2.21. The SMILES string of the molecule is C=Cc1ncccc1[C@@H](N)CN. The molecule has 0 radical (unpaired) electrons. The Morgan fingerprint density at radius 3 is 3.00 bits per heavy atom. The minimum Gasteiger partial charge on any atom is -0.329 e. The highest BCUT2D eigenvalue weighted by atomic mass is 14.7. The van der Waals surface area contributed by atoms with Crippen LogP contribution in [0, 0.1) is 0 Å². The van der Waals surface area contributed by atoms with Gasteiger partial charge in [0, 0.05) is 18.8 Å². The third kappa shape index (κ3) is 1.69. The molecule has 1 aromatic heterocycles. The van der Waals surface area contributed by atoms with Crippen molar-refractivity contribution < 1.29 is 0 Å². The van der Waals surface area contributed by atoms with Crippen LogP contribution >= 0.6 is 0 Å². The molecule has 0 saturated carbocycles. The van der Waals surface area contributed by atoms with Crippen LogP contribution in [-0.4, -0.2) is 11.5 Å². The van der Waals surface area contributed by atoms with Crippen LogP contribution in [0.2, 0.25) is 0 Å². The second-order valence-corrected chi connectivity index (χ2v) is 2.52. The van der Waals surface area contributed by atoms with Crippen molar-refractivity contribution in [3.05, 3.63) is 36.2 Å². The molecule has 1 rings (SSSR count). The number of hydrogen-bond acceptors (Lipinski definition) is 3. The van der Waals surface area contributed by atoms with Crippen LogP contribution in [0.1, 0.15) is 17.3 Å². The molecule has 0 unspecified atom stereocenters. The standard InChI is InChI=1S/C9H13N3/c1-2-9-7(8(11)6-10)4-3-5-12-9/h2-5,8H,1,6,10-11H2/t8-/m0/s1. The van der Waals surface area contributed by atoms with Gasteiger partial charge in [-0.25, -0.2) is 0 Å². The van der Waals surface area contributed by atoms with Crippen molar-refractivity contribution in [3.63, 3.8) is 0 Å². The van der Waals surface area contributed by atoms with Gasteiger partial charge in [-0.1, -0.05) is 12.6 Å². The summed E-state index contributed by atoms with van der Waals surface area (Å²) >= 11 is 0. The Kier molecular flexibility index (Phi) is 2.96. The molecule has 0 bridgehead atoms. The van der Waals surface area contributed by atoms with Crippen LogP contribution in [0.5, 0.6) is 0 Å². The zero-order chi connectivity index (χ0) is 8.97. The third-order valence-electron chi connectivity index (χ3n) is 1.72. The van der Waals surface area contributed by atoms with E-state index in [2.05, 4.69) is 11.6 Å². The fourth-order valence-electron chi connectivity index (χ4n) is 1.04. The average Bonchev–Trinajstić information content (AvgIpc) is 2.16. The normalized spacial score (nSPS) is 12.5. The van der Waals surface area contributed by atoms with Crippen molar-refractivity contribution >= 4 is 6.08 Å². The average molecular weight is 163 g/mol. The number of aromatic nitrogens is 1. The Hall–Kier alpha value is -1.19. The fourth-order valence-corrected chi connectivity index (χ4v) is 1.04. The minimum absolute atomic E-state index is 0.147. The van der Waals surface area contributed by atoms with Gasteiger partial charge >= 0.3 is 0 Å². The molecule has 0 fully saturated rings. The topological polar surface area (TPSA) is 64.9 Å². The third-order valence-corrected chi connectivity index (χ3v) is 1.72. The van der Waals surface area contributed by atoms with E-state index in [9.17, 15) is 0 Å². The molecule has 64 valence electrons. The molecule has 0 aromatic carbocycles. The van der Waals surface area contributed by atoms with Crippen LogP contribution in [-0.2, 0) is 0 Å². The molecule has 0 amide bonds. The van der Waals surface area contributed by atoms with Gasteiger partial charge in [-0.3, -0.25) is 4.98 Å². The summed E-state index contributed by atoms with van der Waals surface area (Å²) in [5, 5.41) is 0. The highest BCUT2D eigenvalue weighted by molar-refractivity contribution is 5.47. The Morgan fingerprint density at radius 2 is 2.42 bits per heavy atom. The van der Waals surface area contributed by atoms with Gasteiger partial charge in [-0.2, -0.15) is 0 Å². The number of pyridine rings is 1. The molecule has 4 N–H and O–H groups in total. The maximum atomic E-state index is 5.76. The number of rotatable bonds is 3. The van der Waals surface area contributed by atoms with Crippen LogP contribution < -0.4 is 11.5 Å². The van der Waals surface area contributed by atoms with Crippen molar-refractivity contribution in [1.82, 2.24) is 4.98 Å². The number of nitrogens with two attached hydrogens (primary N) is 2. The molecular formula is C9H13N3. The van der Waals surface area contributed by atoms with Gasteiger partial charge in [0.1, 0.15) is 0 Å². The largest absolute Gasteiger partial charge is 0.329 e. The summed E-state index contributed by atoms with van der Waals surface area (Å²) in [4.78, 5) is 4.11. The summed E-state index contributed by atoms with van der Waals surface area (Å²) in [6, 6.07) is 3.62. The maximum absolute atomic E-state index is 5.76. The summed E-state index contributed by atoms with van der Waals surface area (Å²) in [6.45, 7) is 4.07. The lowest BCUT2D eigenvalue weighted by molar-refractivity contribution is 0.731. The van der Waals surface area contributed by atoms with Crippen molar-refractivity contribution in [3.8, 4) is 0 Å². The van der Waals surface area contributed by atoms with Gasteiger partial charge in [0.05, 0.1) is 5.69 Å². The van der Waals surface area contributed by atoms with E-state index >= 15 is 0 Å². The molecule has 3 heteroatoms. The van der Waals surface area contributed by atoms with E-state index in [4.69, 9.17) is 11.5 Å². The zero-order valence-electron chi connectivity index (χ0n) is 6.90. The van der Waals surface area contributed by atoms with Crippen LogP contribution in [0.25, 0.3) is 6.08 Å². The molecule has 12 heavy (non-hydrogen) atoms. The first-order chi connectivity index (χ1) is 5.79. The van der Waals surface area contributed by atoms with E-state index in [1.54, 1.807) is 12.3 Å². The molecule has 0 aliphatic rings. The quantitative estimate of drug-likeness (QED) is 0.688. The second-order valence-electron chi connectivity index (χ2n) is 2.52. The van der Waals surface area contributed by atoms with E-state index in [-0.39, 0.29) is 6.04 Å². The van der Waals surface area contributed by atoms with Gasteiger partial charge in [0.25, 0.3) is 0 Å². The van der Waals surface area contributed by atoms with Gasteiger partial charge < -0.3 is 11.5 Å². The van der Waals surface area contributed by atoms with Gasteiger partial charge in [0.2, 0.25) is 0 Å². The first-order valence-electron chi connectivity index (χ1n) is 3.82. The van der Waals surface area contributed by atoms with Gasteiger partial charge in [-0.05, 0) is 17.7 Å². The van der Waals surface area contributed by atoms with Crippen molar-refractivity contribution in [2.75, 3.05) is 6.54 Å². The Labute approximate surface area is 72.1 Å². The molecule has 1 atom stereocenters. The Morgan fingerprint density at radius 1 is 1.67 bits per heavy atom.